The molecule has 2 heteroatoms. The van der Waals surface area contributed by atoms with Crippen molar-refractivity contribution in [2.45, 2.75) is 40.0 Å². The predicted octanol–water partition coefficient (Wildman–Crippen LogP) is 3.40. The number of rotatable bonds is 8. The van der Waals surface area contributed by atoms with Crippen molar-refractivity contribution in [2.24, 2.45) is 11.8 Å². The Hall–Kier alpha value is 0.310. The van der Waals surface area contributed by atoms with Crippen molar-refractivity contribution in [1.82, 2.24) is 0 Å². The lowest BCUT2D eigenvalue weighted by Gasteiger charge is -2.10. The molecule has 0 aromatic carbocycles. The normalized spacial score (nSPS) is 13.6. The summed E-state index contributed by atoms with van der Waals surface area (Å²) in [4.78, 5) is 0. The highest BCUT2D eigenvalue weighted by atomic mass is 32.1. The molecule has 0 heterocycles. The van der Waals surface area contributed by atoms with E-state index in [2.05, 4.69) is 33.4 Å². The smallest absolute Gasteiger partial charge is 0.0468 e. The molecule has 0 fully saturated rings. The third-order valence-corrected chi connectivity index (χ3v) is 2.47. The molecule has 80 valence electrons. The molecule has 0 aliphatic rings. The summed E-state index contributed by atoms with van der Waals surface area (Å²) >= 11 is 4.21. The SMILES string of the molecule is CC(C)CCOCCC(C)CCS. The van der Waals surface area contributed by atoms with E-state index < -0.39 is 0 Å². The van der Waals surface area contributed by atoms with Gasteiger partial charge in [-0.05, 0) is 36.9 Å². The van der Waals surface area contributed by atoms with E-state index in [-0.39, 0.29) is 0 Å². The van der Waals surface area contributed by atoms with Crippen LogP contribution in [0.5, 0.6) is 0 Å². The first-order valence-electron chi connectivity index (χ1n) is 5.35. The van der Waals surface area contributed by atoms with E-state index in [4.69, 9.17) is 4.74 Å². The minimum absolute atomic E-state index is 0.759. The summed E-state index contributed by atoms with van der Waals surface area (Å²) in [5.41, 5.74) is 0. The first-order chi connectivity index (χ1) is 6.16. The fourth-order valence-corrected chi connectivity index (χ4v) is 1.51. The Bertz CT molecular complexity index is 104. The zero-order valence-corrected chi connectivity index (χ0v) is 10.1. The fourth-order valence-electron chi connectivity index (χ4n) is 1.07. The van der Waals surface area contributed by atoms with E-state index in [1.54, 1.807) is 0 Å². The van der Waals surface area contributed by atoms with Crippen LogP contribution in [-0.4, -0.2) is 19.0 Å². The van der Waals surface area contributed by atoms with E-state index >= 15 is 0 Å². The molecule has 0 spiro atoms. The summed E-state index contributed by atoms with van der Waals surface area (Å²) in [6.07, 6.45) is 3.57. The average molecular weight is 204 g/mol. The van der Waals surface area contributed by atoms with Crippen molar-refractivity contribution in [3.8, 4) is 0 Å². The molecular formula is C11H24OS. The maximum absolute atomic E-state index is 5.54. The van der Waals surface area contributed by atoms with Gasteiger partial charge in [0, 0.05) is 13.2 Å². The van der Waals surface area contributed by atoms with Crippen LogP contribution in [0.2, 0.25) is 0 Å². The first kappa shape index (κ1) is 13.3. The Kier molecular flexibility index (Phi) is 9.10. The lowest BCUT2D eigenvalue weighted by Crippen LogP contribution is -2.05. The Morgan fingerprint density at radius 3 is 2.15 bits per heavy atom. The first-order valence-corrected chi connectivity index (χ1v) is 5.98. The van der Waals surface area contributed by atoms with Crippen LogP contribution in [0, 0.1) is 11.8 Å². The second-order valence-corrected chi connectivity index (χ2v) is 4.65. The van der Waals surface area contributed by atoms with Crippen LogP contribution in [0.1, 0.15) is 40.0 Å². The molecular weight excluding hydrogens is 180 g/mol. The Morgan fingerprint density at radius 2 is 1.62 bits per heavy atom. The average Bonchev–Trinajstić information content (AvgIpc) is 2.03. The number of thiol groups is 1. The minimum atomic E-state index is 0.759. The zero-order valence-electron chi connectivity index (χ0n) is 9.25. The second kappa shape index (κ2) is 8.89. The summed E-state index contributed by atoms with van der Waals surface area (Å²) in [5, 5.41) is 0. The van der Waals surface area contributed by atoms with Gasteiger partial charge in [0.15, 0.2) is 0 Å². The molecule has 1 unspecified atom stereocenters. The van der Waals surface area contributed by atoms with Crippen molar-refractivity contribution in [1.29, 1.82) is 0 Å². The number of ether oxygens (including phenoxy) is 1. The van der Waals surface area contributed by atoms with Crippen molar-refractivity contribution in [2.75, 3.05) is 19.0 Å². The summed E-state index contributed by atoms with van der Waals surface area (Å²) in [5.74, 6) is 2.51. The monoisotopic (exact) mass is 204 g/mol. The largest absolute Gasteiger partial charge is 0.381 e. The van der Waals surface area contributed by atoms with Crippen molar-refractivity contribution < 1.29 is 4.74 Å². The van der Waals surface area contributed by atoms with Crippen LogP contribution in [-0.2, 0) is 4.74 Å². The molecule has 0 saturated carbocycles. The second-order valence-electron chi connectivity index (χ2n) is 4.20. The van der Waals surface area contributed by atoms with Crippen molar-refractivity contribution in [3.63, 3.8) is 0 Å². The van der Waals surface area contributed by atoms with Gasteiger partial charge in [-0.2, -0.15) is 12.6 Å². The molecule has 0 bridgehead atoms. The van der Waals surface area contributed by atoms with Crippen LogP contribution < -0.4 is 0 Å². The van der Waals surface area contributed by atoms with Crippen LogP contribution in [0.15, 0.2) is 0 Å². The van der Waals surface area contributed by atoms with Gasteiger partial charge in [0.25, 0.3) is 0 Å². The lowest BCUT2D eigenvalue weighted by atomic mass is 10.1. The summed E-state index contributed by atoms with van der Waals surface area (Å²) in [6, 6.07) is 0. The van der Waals surface area contributed by atoms with Gasteiger partial charge >= 0.3 is 0 Å². The quantitative estimate of drug-likeness (QED) is 0.471. The lowest BCUT2D eigenvalue weighted by molar-refractivity contribution is 0.112. The molecule has 13 heavy (non-hydrogen) atoms. The Labute approximate surface area is 88.7 Å². The highest BCUT2D eigenvalue weighted by Gasteiger charge is 2.00. The van der Waals surface area contributed by atoms with E-state index in [9.17, 15) is 0 Å². The molecule has 1 atom stereocenters. The standard InChI is InChI=1S/C11H24OS/c1-10(2)4-7-12-8-5-11(3)6-9-13/h10-11,13H,4-9H2,1-3H3. The molecule has 0 aliphatic carbocycles. The molecule has 0 aromatic heterocycles. The van der Waals surface area contributed by atoms with E-state index in [0.29, 0.717) is 0 Å². The molecule has 0 aromatic rings. The molecule has 0 radical (unpaired) electrons. The van der Waals surface area contributed by atoms with Crippen molar-refractivity contribution >= 4 is 12.6 Å². The highest BCUT2D eigenvalue weighted by molar-refractivity contribution is 7.80. The van der Waals surface area contributed by atoms with Gasteiger partial charge in [0.2, 0.25) is 0 Å². The fraction of sp³-hybridized carbons (Fsp3) is 1.00. The van der Waals surface area contributed by atoms with E-state index in [1.165, 1.54) is 19.3 Å². The minimum Gasteiger partial charge on any atom is -0.381 e. The third-order valence-electron chi connectivity index (χ3n) is 2.22. The van der Waals surface area contributed by atoms with E-state index in [1.807, 2.05) is 0 Å². The summed E-state index contributed by atoms with van der Waals surface area (Å²) in [7, 11) is 0. The highest BCUT2D eigenvalue weighted by Crippen LogP contribution is 2.08. The van der Waals surface area contributed by atoms with Gasteiger partial charge in [0.1, 0.15) is 0 Å². The summed E-state index contributed by atoms with van der Waals surface area (Å²) < 4.78 is 5.54. The van der Waals surface area contributed by atoms with Gasteiger partial charge in [-0.1, -0.05) is 20.8 Å². The maximum atomic E-state index is 5.54. The molecule has 0 N–H and O–H groups in total. The predicted molar refractivity (Wildman–Crippen MR) is 62.5 cm³/mol. The van der Waals surface area contributed by atoms with Gasteiger partial charge in [-0.3, -0.25) is 0 Å². The zero-order chi connectivity index (χ0) is 10.1. The van der Waals surface area contributed by atoms with Crippen molar-refractivity contribution in [3.05, 3.63) is 0 Å². The van der Waals surface area contributed by atoms with Gasteiger partial charge < -0.3 is 4.74 Å². The molecule has 0 rings (SSSR count). The Balaban J connectivity index is 3.06. The third kappa shape index (κ3) is 10.2. The van der Waals surface area contributed by atoms with Gasteiger partial charge in [-0.15, -0.1) is 0 Å². The van der Waals surface area contributed by atoms with Crippen LogP contribution in [0.3, 0.4) is 0 Å². The van der Waals surface area contributed by atoms with Crippen LogP contribution in [0.4, 0.5) is 0 Å². The van der Waals surface area contributed by atoms with Crippen LogP contribution >= 0.6 is 12.6 Å². The number of hydrogen-bond acceptors (Lipinski definition) is 2. The topological polar surface area (TPSA) is 9.23 Å². The van der Waals surface area contributed by atoms with Gasteiger partial charge in [0.05, 0.1) is 0 Å². The molecule has 0 saturated heterocycles. The van der Waals surface area contributed by atoms with Gasteiger partial charge in [-0.25, -0.2) is 0 Å². The molecule has 1 nitrogen and oxygen atoms in total. The Morgan fingerprint density at radius 1 is 1.00 bits per heavy atom. The maximum Gasteiger partial charge on any atom is 0.0468 e. The van der Waals surface area contributed by atoms with E-state index in [0.717, 1.165) is 30.8 Å². The molecule has 0 aliphatic heterocycles. The number of hydrogen-bond donors (Lipinski definition) is 1. The van der Waals surface area contributed by atoms with Crippen LogP contribution in [0.25, 0.3) is 0 Å². The molecule has 0 amide bonds. The summed E-state index contributed by atoms with van der Waals surface area (Å²) in [6.45, 7) is 8.56.